The number of carbonyl (C=O) groups is 2. The van der Waals surface area contributed by atoms with Gasteiger partial charge in [-0.2, -0.15) is 0 Å². The summed E-state index contributed by atoms with van der Waals surface area (Å²) in [5, 5.41) is 3.59. The molecule has 0 N–H and O–H groups in total. The monoisotopic (exact) mass is 788 g/mol. The lowest BCUT2D eigenvalue weighted by Crippen LogP contribution is -2.50. The number of benzene rings is 6. The molecule has 0 amide bonds. The van der Waals surface area contributed by atoms with Crippen molar-refractivity contribution in [2.45, 2.75) is 40.0 Å². The zero-order valence-electron chi connectivity index (χ0n) is 33.7. The average molecular weight is 789 g/mol. The molecule has 1 heterocycles. The highest BCUT2D eigenvalue weighted by atomic mass is 28.3. The molecule has 58 heavy (non-hydrogen) atoms. The Morgan fingerprint density at radius 3 is 1.91 bits per heavy atom. The Balaban J connectivity index is 1.61. The van der Waals surface area contributed by atoms with Crippen molar-refractivity contribution in [3.8, 4) is 68.5 Å². The molecule has 0 aromatic heterocycles. The normalized spacial score (nSPS) is 12.0. The van der Waals surface area contributed by atoms with Crippen molar-refractivity contribution in [2.75, 3.05) is 13.2 Å². The predicted molar refractivity (Wildman–Crippen MR) is 242 cm³/mol. The van der Waals surface area contributed by atoms with Gasteiger partial charge in [-0.05, 0) is 81.5 Å². The quantitative estimate of drug-likeness (QED) is 0.0963. The maximum Gasteiger partial charge on any atom is 0.384 e. The molecular weight excluding hydrogens is 745 g/mol. The smallest absolute Gasteiger partial charge is 0.384 e. The van der Waals surface area contributed by atoms with Crippen molar-refractivity contribution in [2.24, 2.45) is 0 Å². The Hall–Kier alpha value is -6.63. The van der Waals surface area contributed by atoms with Crippen LogP contribution in [0.3, 0.4) is 0 Å². The Kier molecular flexibility index (Phi) is 11.5. The molecule has 1 aliphatic rings. The van der Waals surface area contributed by atoms with Crippen LogP contribution >= 0.6 is 0 Å². The number of fused-ring (bicyclic) bond motifs is 3. The molecule has 0 unspecified atom stereocenters. The third-order valence-electron chi connectivity index (χ3n) is 10.5. The Bertz CT molecular complexity index is 2750. The standard InChI is InChI=1S/C52H44O4Si2/c1-7-55-46(53)34-32-38-23-15-17-27-41(38)49-47(40-25-13-10-14-26-40)51-48(42-28-18-20-30-45(42)58(51,5)6)43(50(49)52(54)56-8-2)33-31-39-24-16-19-29-44(39)57(3,4)36-35-37-21-11-9-12-22-37/h9-30H,7-8H2,1-6H3. The maximum absolute atomic E-state index is 14.8. The van der Waals surface area contributed by atoms with Crippen LogP contribution in [0.2, 0.25) is 26.2 Å². The van der Waals surface area contributed by atoms with Gasteiger partial charge in [0.05, 0.1) is 18.8 Å². The first-order chi connectivity index (χ1) is 28.1. The van der Waals surface area contributed by atoms with E-state index in [0.717, 1.165) is 38.6 Å². The van der Waals surface area contributed by atoms with E-state index in [1.54, 1.807) is 6.92 Å². The minimum absolute atomic E-state index is 0.173. The molecule has 0 saturated carbocycles. The van der Waals surface area contributed by atoms with Gasteiger partial charge in [0.1, 0.15) is 8.07 Å². The molecule has 0 radical (unpaired) electrons. The largest absolute Gasteiger partial charge is 0.462 e. The molecule has 0 aliphatic carbocycles. The Morgan fingerprint density at radius 2 is 1.21 bits per heavy atom. The van der Waals surface area contributed by atoms with E-state index in [9.17, 15) is 9.59 Å². The third kappa shape index (κ3) is 7.72. The van der Waals surface area contributed by atoms with Crippen LogP contribution < -0.4 is 15.6 Å². The molecule has 0 fully saturated rings. The molecule has 4 nitrogen and oxygen atoms in total. The lowest BCUT2D eigenvalue weighted by atomic mass is 9.82. The van der Waals surface area contributed by atoms with Crippen LogP contribution in [-0.4, -0.2) is 41.3 Å². The fraction of sp³-hybridized carbons (Fsp3) is 0.154. The van der Waals surface area contributed by atoms with E-state index in [0.29, 0.717) is 27.8 Å². The summed E-state index contributed by atoms with van der Waals surface area (Å²) < 4.78 is 11.2. The molecule has 0 atom stereocenters. The zero-order valence-corrected chi connectivity index (χ0v) is 35.7. The second-order valence-electron chi connectivity index (χ2n) is 15.1. The van der Waals surface area contributed by atoms with Crippen molar-refractivity contribution in [3.63, 3.8) is 0 Å². The van der Waals surface area contributed by atoms with Crippen LogP contribution in [0.1, 0.15) is 46.5 Å². The van der Waals surface area contributed by atoms with Crippen molar-refractivity contribution in [1.82, 2.24) is 0 Å². The van der Waals surface area contributed by atoms with Crippen molar-refractivity contribution >= 4 is 43.6 Å². The number of esters is 2. The minimum Gasteiger partial charge on any atom is -0.462 e. The van der Waals surface area contributed by atoms with Gasteiger partial charge in [0.2, 0.25) is 0 Å². The highest BCUT2D eigenvalue weighted by Gasteiger charge is 2.44. The van der Waals surface area contributed by atoms with E-state index in [1.807, 2.05) is 91.9 Å². The first kappa shape index (κ1) is 39.6. The molecule has 1 aliphatic heterocycles. The summed E-state index contributed by atoms with van der Waals surface area (Å²) in [6, 6.07) is 44.7. The number of rotatable bonds is 6. The molecule has 7 rings (SSSR count). The van der Waals surface area contributed by atoms with Gasteiger partial charge in [-0.25, -0.2) is 9.59 Å². The van der Waals surface area contributed by atoms with Gasteiger partial charge >= 0.3 is 11.9 Å². The summed E-state index contributed by atoms with van der Waals surface area (Å²) in [5.41, 5.74) is 12.4. The second-order valence-corrected chi connectivity index (χ2v) is 23.4. The highest BCUT2D eigenvalue weighted by molar-refractivity contribution is 7.04. The lowest BCUT2D eigenvalue weighted by molar-refractivity contribution is -0.136. The number of carbonyl (C=O) groups excluding carboxylic acids is 2. The first-order valence-corrected chi connectivity index (χ1v) is 25.6. The van der Waals surface area contributed by atoms with E-state index in [2.05, 4.69) is 110 Å². The average Bonchev–Trinajstić information content (AvgIpc) is 3.48. The van der Waals surface area contributed by atoms with Crippen molar-refractivity contribution < 1.29 is 19.1 Å². The van der Waals surface area contributed by atoms with Crippen LogP contribution in [0.5, 0.6) is 0 Å². The molecule has 6 aromatic rings. The fourth-order valence-electron chi connectivity index (χ4n) is 7.90. The van der Waals surface area contributed by atoms with Gasteiger partial charge in [-0.1, -0.05) is 159 Å². The Morgan fingerprint density at radius 1 is 0.603 bits per heavy atom. The highest BCUT2D eigenvalue weighted by Crippen LogP contribution is 2.45. The van der Waals surface area contributed by atoms with Crippen LogP contribution in [0.4, 0.5) is 0 Å². The topological polar surface area (TPSA) is 52.6 Å². The van der Waals surface area contributed by atoms with Crippen molar-refractivity contribution in [3.05, 3.63) is 161 Å². The molecule has 0 saturated heterocycles. The molecule has 6 aromatic carbocycles. The van der Waals surface area contributed by atoms with Gasteiger partial charge < -0.3 is 9.47 Å². The molecular formula is C52H44O4Si2. The van der Waals surface area contributed by atoms with Gasteiger partial charge in [0.25, 0.3) is 0 Å². The van der Waals surface area contributed by atoms with E-state index in [-0.39, 0.29) is 13.2 Å². The molecule has 0 bridgehead atoms. The van der Waals surface area contributed by atoms with E-state index in [4.69, 9.17) is 9.47 Å². The van der Waals surface area contributed by atoms with E-state index in [1.165, 1.54) is 10.4 Å². The van der Waals surface area contributed by atoms with E-state index < -0.39 is 28.1 Å². The van der Waals surface area contributed by atoms with Gasteiger partial charge in [0, 0.05) is 33.7 Å². The maximum atomic E-state index is 14.8. The van der Waals surface area contributed by atoms with Gasteiger partial charge in [0.15, 0.2) is 8.07 Å². The summed E-state index contributed by atoms with van der Waals surface area (Å²) in [5.74, 6) is 15.3. The zero-order chi connectivity index (χ0) is 40.9. The predicted octanol–water partition coefficient (Wildman–Crippen LogP) is 8.82. The molecule has 6 heteroatoms. The summed E-state index contributed by atoms with van der Waals surface area (Å²) in [7, 11) is -4.82. The number of ether oxygens (including phenoxy) is 2. The van der Waals surface area contributed by atoms with Crippen LogP contribution in [0, 0.1) is 35.1 Å². The SMILES string of the molecule is CCOC(=O)C#Cc1ccccc1-c1c(C(=O)OCC)c(C#Cc2ccccc2[Si](C)(C)C#Cc2ccccc2)c2c(c1-c1ccccc1)[Si](C)(C)c1ccccc1-2. The number of hydrogen-bond donors (Lipinski definition) is 0. The fourth-order valence-corrected chi connectivity index (χ4v) is 13.3. The van der Waals surface area contributed by atoms with Gasteiger partial charge in [-0.15, -0.1) is 5.54 Å². The van der Waals surface area contributed by atoms with Crippen LogP contribution in [-0.2, 0) is 14.3 Å². The lowest BCUT2D eigenvalue weighted by Gasteiger charge is -2.27. The Labute approximate surface area is 344 Å². The summed E-state index contributed by atoms with van der Waals surface area (Å²) in [4.78, 5) is 27.4. The molecule has 284 valence electrons. The third-order valence-corrected chi connectivity index (χ3v) is 16.6. The summed E-state index contributed by atoms with van der Waals surface area (Å²) >= 11 is 0. The van der Waals surface area contributed by atoms with E-state index >= 15 is 0 Å². The van der Waals surface area contributed by atoms with Crippen LogP contribution in [0.15, 0.2) is 133 Å². The second kappa shape index (κ2) is 16.8. The first-order valence-electron chi connectivity index (χ1n) is 19.6. The van der Waals surface area contributed by atoms with Crippen molar-refractivity contribution in [1.29, 1.82) is 0 Å². The summed E-state index contributed by atoms with van der Waals surface area (Å²) in [6.45, 7) is 13.2. The minimum atomic E-state index is -2.48. The van der Waals surface area contributed by atoms with Gasteiger partial charge in [-0.3, -0.25) is 0 Å². The number of hydrogen-bond acceptors (Lipinski definition) is 4. The van der Waals surface area contributed by atoms with Crippen LogP contribution in [0.25, 0.3) is 33.4 Å². The molecule has 0 spiro atoms. The summed E-state index contributed by atoms with van der Waals surface area (Å²) in [6.07, 6.45) is 0.